The maximum absolute atomic E-state index is 12.7. The summed E-state index contributed by atoms with van der Waals surface area (Å²) in [5.74, 6) is -2.24. The molecule has 0 aliphatic carbocycles. The molecule has 2 bridgehead atoms. The topological polar surface area (TPSA) is 93.1 Å². The van der Waals surface area contributed by atoms with Crippen molar-refractivity contribution in [2.45, 2.75) is 38.9 Å². The Bertz CT molecular complexity index is 609. The quantitative estimate of drug-likeness (QED) is 0.505. The molecule has 7 nitrogen and oxygen atoms in total. The Morgan fingerprint density at radius 2 is 2.04 bits per heavy atom. The maximum atomic E-state index is 12.7. The van der Waals surface area contributed by atoms with Crippen molar-refractivity contribution in [2.24, 2.45) is 5.92 Å². The number of fused-ring (bicyclic) bond motifs is 2. The van der Waals surface area contributed by atoms with E-state index in [2.05, 4.69) is 0 Å². The first-order valence-electron chi connectivity index (χ1n) is 8.46. The van der Waals surface area contributed by atoms with Crippen LogP contribution in [-0.4, -0.2) is 66.7 Å². The lowest BCUT2D eigenvalue weighted by Crippen LogP contribution is -2.39. The second kappa shape index (κ2) is 8.40. The van der Waals surface area contributed by atoms with Crippen LogP contribution in [0.5, 0.6) is 0 Å². The molecule has 0 saturated carbocycles. The van der Waals surface area contributed by atoms with Crippen molar-refractivity contribution >= 4 is 17.7 Å². The molecule has 1 fully saturated rings. The Morgan fingerprint density at radius 3 is 2.72 bits per heavy atom. The van der Waals surface area contributed by atoms with Crippen LogP contribution in [-0.2, 0) is 23.9 Å². The van der Waals surface area contributed by atoms with Crippen LogP contribution in [0.1, 0.15) is 26.7 Å². The lowest BCUT2D eigenvalue weighted by Gasteiger charge is -2.27. The standard InChI is InChI=1S/C18H25NO6/c1-4-12-9-11(2)15(20)18(23)24-10-13-5-7-19(3)8-6-14(16(13)21)25-17(12)22/h4-5,11,14-15,20H,6-10H2,1-3H3/b12-4-,13-5-/t11-,14-,15+/m1/s1. The summed E-state index contributed by atoms with van der Waals surface area (Å²) in [5.41, 5.74) is 0.605. The van der Waals surface area contributed by atoms with Gasteiger partial charge >= 0.3 is 11.9 Å². The van der Waals surface area contributed by atoms with Gasteiger partial charge in [-0.15, -0.1) is 0 Å². The lowest BCUT2D eigenvalue weighted by molar-refractivity contribution is -0.158. The van der Waals surface area contributed by atoms with Crippen molar-refractivity contribution in [3.63, 3.8) is 0 Å². The molecule has 1 saturated heterocycles. The summed E-state index contributed by atoms with van der Waals surface area (Å²) in [6.45, 7) is 4.23. The third-order valence-electron chi connectivity index (χ3n) is 4.58. The number of likely N-dealkylation sites (N-methyl/N-ethyl adjacent to an activating group) is 1. The molecule has 0 spiro atoms. The number of ether oxygens (including phenoxy) is 2. The minimum Gasteiger partial charge on any atom is -0.459 e. The normalized spacial score (nSPS) is 33.9. The predicted molar refractivity (Wildman–Crippen MR) is 89.6 cm³/mol. The number of cyclic esters (lactones) is 1. The molecule has 0 aromatic heterocycles. The summed E-state index contributed by atoms with van der Waals surface area (Å²) < 4.78 is 10.6. The number of rotatable bonds is 0. The second-order valence-electron chi connectivity index (χ2n) is 6.59. The maximum Gasteiger partial charge on any atom is 0.335 e. The van der Waals surface area contributed by atoms with Crippen LogP contribution in [0.3, 0.4) is 0 Å². The molecule has 2 heterocycles. The van der Waals surface area contributed by atoms with Crippen LogP contribution in [0.2, 0.25) is 0 Å². The number of aliphatic hydroxyl groups is 1. The highest BCUT2D eigenvalue weighted by Crippen LogP contribution is 2.22. The monoisotopic (exact) mass is 351 g/mol. The van der Waals surface area contributed by atoms with Gasteiger partial charge in [0.25, 0.3) is 0 Å². The van der Waals surface area contributed by atoms with Crippen molar-refractivity contribution in [1.82, 2.24) is 4.90 Å². The number of carbonyl (C=O) groups is 3. The van der Waals surface area contributed by atoms with E-state index >= 15 is 0 Å². The van der Waals surface area contributed by atoms with Crippen LogP contribution in [0.25, 0.3) is 0 Å². The van der Waals surface area contributed by atoms with Gasteiger partial charge in [0.05, 0.1) is 0 Å². The smallest absolute Gasteiger partial charge is 0.335 e. The minimum absolute atomic E-state index is 0.162. The fourth-order valence-electron chi connectivity index (χ4n) is 2.82. The van der Waals surface area contributed by atoms with Gasteiger partial charge in [0.15, 0.2) is 12.2 Å². The number of hydrogen-bond acceptors (Lipinski definition) is 7. The van der Waals surface area contributed by atoms with E-state index in [1.165, 1.54) is 0 Å². The van der Waals surface area contributed by atoms with Crippen LogP contribution in [0.4, 0.5) is 0 Å². The average molecular weight is 351 g/mol. The number of carbonyl (C=O) groups excluding carboxylic acids is 3. The zero-order valence-electron chi connectivity index (χ0n) is 14.9. The van der Waals surface area contributed by atoms with E-state index in [1.54, 1.807) is 26.0 Å². The number of hydrogen-bond donors (Lipinski definition) is 1. The number of esters is 2. The van der Waals surface area contributed by atoms with Crippen molar-refractivity contribution in [2.75, 3.05) is 26.7 Å². The van der Waals surface area contributed by atoms with E-state index in [0.717, 1.165) is 0 Å². The van der Waals surface area contributed by atoms with E-state index in [1.807, 2.05) is 11.9 Å². The highest BCUT2D eigenvalue weighted by Gasteiger charge is 2.33. The fraction of sp³-hybridized carbons (Fsp3) is 0.611. The first-order chi connectivity index (χ1) is 11.8. The molecule has 7 heteroatoms. The highest BCUT2D eigenvalue weighted by atomic mass is 16.6. The number of Topliss-reactive ketones (excluding diaryl/α,β-unsaturated/α-hetero) is 1. The average Bonchev–Trinajstić information content (AvgIpc) is 2.59. The van der Waals surface area contributed by atoms with Crippen molar-refractivity contribution in [3.05, 3.63) is 23.3 Å². The van der Waals surface area contributed by atoms with Crippen molar-refractivity contribution in [3.8, 4) is 0 Å². The van der Waals surface area contributed by atoms with Gasteiger partial charge in [-0.25, -0.2) is 9.59 Å². The summed E-state index contributed by atoms with van der Waals surface area (Å²) in [4.78, 5) is 39.2. The van der Waals surface area contributed by atoms with Crippen molar-refractivity contribution < 1.29 is 29.0 Å². The van der Waals surface area contributed by atoms with Gasteiger partial charge in [-0.1, -0.05) is 19.1 Å². The van der Waals surface area contributed by atoms with Gasteiger partial charge in [0.2, 0.25) is 5.78 Å². The molecule has 0 amide bonds. The van der Waals surface area contributed by atoms with Gasteiger partial charge < -0.3 is 19.5 Å². The first-order valence-corrected chi connectivity index (χ1v) is 8.46. The van der Waals surface area contributed by atoms with E-state index in [9.17, 15) is 19.5 Å². The van der Waals surface area contributed by atoms with E-state index in [0.29, 0.717) is 25.1 Å². The molecule has 2 rings (SSSR count). The van der Waals surface area contributed by atoms with E-state index in [4.69, 9.17) is 9.47 Å². The number of nitrogens with zero attached hydrogens (tertiary/aromatic N) is 1. The molecule has 1 N–H and O–H groups in total. The predicted octanol–water partition coefficient (Wildman–Crippen LogP) is 0.619. The molecular formula is C18H25NO6. The van der Waals surface area contributed by atoms with Gasteiger partial charge in [-0.3, -0.25) is 4.79 Å². The molecule has 25 heavy (non-hydrogen) atoms. The summed E-state index contributed by atoms with van der Waals surface area (Å²) in [6.07, 6.45) is 1.52. The Hall–Kier alpha value is -1.99. The Balaban J connectivity index is 2.36. The van der Waals surface area contributed by atoms with E-state index < -0.39 is 30.1 Å². The molecule has 2 aliphatic heterocycles. The molecule has 0 aromatic rings. The second-order valence-corrected chi connectivity index (χ2v) is 6.59. The highest BCUT2D eigenvalue weighted by molar-refractivity contribution is 6.01. The summed E-state index contributed by atoms with van der Waals surface area (Å²) in [5, 5.41) is 10.1. The van der Waals surface area contributed by atoms with Crippen molar-refractivity contribution in [1.29, 1.82) is 0 Å². The molecular weight excluding hydrogens is 326 g/mol. The zero-order chi connectivity index (χ0) is 18.6. The number of aliphatic hydroxyl groups excluding tert-OH is 1. The fourth-order valence-corrected chi connectivity index (χ4v) is 2.82. The molecule has 0 radical (unpaired) electrons. The van der Waals surface area contributed by atoms with Crippen LogP contribution >= 0.6 is 0 Å². The molecule has 0 aromatic carbocycles. The lowest BCUT2D eigenvalue weighted by atomic mass is 9.95. The third kappa shape index (κ3) is 4.76. The van der Waals surface area contributed by atoms with E-state index in [-0.39, 0.29) is 24.4 Å². The third-order valence-corrected chi connectivity index (χ3v) is 4.58. The summed E-state index contributed by atoms with van der Waals surface area (Å²) in [6, 6.07) is 0. The SMILES string of the molecule is C/C=C1/C[C@@H](C)[C@H](O)C(=O)OC/C2=C/CN(C)CC[C@@H](OC1=O)C2=O. The molecule has 0 unspecified atom stereocenters. The van der Waals surface area contributed by atoms with Gasteiger partial charge in [-0.05, 0) is 26.3 Å². The van der Waals surface area contributed by atoms with Gasteiger partial charge in [0, 0.05) is 30.7 Å². The number of allylic oxidation sites excluding steroid dienone is 1. The molecule has 138 valence electrons. The van der Waals surface area contributed by atoms with Crippen LogP contribution in [0, 0.1) is 5.92 Å². The molecule has 2 aliphatic rings. The first kappa shape index (κ1) is 19.3. The van der Waals surface area contributed by atoms with Crippen LogP contribution < -0.4 is 0 Å². The Labute approximate surface area is 147 Å². The summed E-state index contributed by atoms with van der Waals surface area (Å²) >= 11 is 0. The molecule has 3 atom stereocenters. The zero-order valence-corrected chi connectivity index (χ0v) is 14.9. The number of ketones is 1. The van der Waals surface area contributed by atoms with Gasteiger partial charge in [0.1, 0.15) is 6.61 Å². The van der Waals surface area contributed by atoms with Gasteiger partial charge in [-0.2, -0.15) is 0 Å². The largest absolute Gasteiger partial charge is 0.459 e. The van der Waals surface area contributed by atoms with Crippen LogP contribution in [0.15, 0.2) is 23.3 Å². The Kier molecular flexibility index (Phi) is 6.50. The summed E-state index contributed by atoms with van der Waals surface area (Å²) in [7, 11) is 1.89. The minimum atomic E-state index is -1.37. The Morgan fingerprint density at radius 1 is 1.32 bits per heavy atom.